The van der Waals surface area contributed by atoms with Crippen LogP contribution in [-0.2, 0) is 0 Å². The Kier molecular flexibility index (Phi) is 5.62. The van der Waals surface area contributed by atoms with E-state index >= 15 is 0 Å². The number of benzene rings is 3. The summed E-state index contributed by atoms with van der Waals surface area (Å²) in [7, 11) is 0. The minimum absolute atomic E-state index is 0.358. The van der Waals surface area contributed by atoms with Crippen molar-refractivity contribution >= 4 is 11.8 Å². The zero-order valence-electron chi connectivity index (χ0n) is 17.3. The predicted octanol–water partition coefficient (Wildman–Crippen LogP) is 4.23. The van der Waals surface area contributed by atoms with Gasteiger partial charge >= 0.3 is 0 Å². The molecule has 6 heteroatoms. The Morgan fingerprint density at radius 3 is 2.03 bits per heavy atom. The van der Waals surface area contributed by atoms with E-state index < -0.39 is 5.91 Å². The monoisotopic (exact) mass is 410 g/mol. The lowest BCUT2D eigenvalue weighted by Gasteiger charge is -2.10. The maximum absolute atomic E-state index is 13.0. The van der Waals surface area contributed by atoms with Crippen LogP contribution in [0.1, 0.15) is 31.8 Å². The van der Waals surface area contributed by atoms with Crippen LogP contribution in [0.5, 0.6) is 0 Å². The summed E-state index contributed by atoms with van der Waals surface area (Å²) >= 11 is 0. The summed E-state index contributed by atoms with van der Waals surface area (Å²) in [5.74, 6) is -0.814. The van der Waals surface area contributed by atoms with Gasteiger partial charge in [-0.1, -0.05) is 60.7 Å². The van der Waals surface area contributed by atoms with E-state index in [9.17, 15) is 9.59 Å². The first-order valence-corrected chi connectivity index (χ1v) is 9.92. The lowest BCUT2D eigenvalue weighted by molar-refractivity contribution is 0.0846. The van der Waals surface area contributed by atoms with Crippen LogP contribution < -0.4 is 10.9 Å². The van der Waals surface area contributed by atoms with Crippen LogP contribution in [0.2, 0.25) is 0 Å². The van der Waals surface area contributed by atoms with Crippen molar-refractivity contribution in [2.24, 2.45) is 0 Å². The first-order valence-electron chi connectivity index (χ1n) is 9.92. The number of nitrogens with one attached hydrogen (secondary N) is 2. The molecular formula is C25H22N4O2. The molecule has 1 heterocycles. The van der Waals surface area contributed by atoms with Crippen LogP contribution >= 0.6 is 0 Å². The summed E-state index contributed by atoms with van der Waals surface area (Å²) in [6.45, 7) is 3.82. The Morgan fingerprint density at radius 2 is 1.35 bits per heavy atom. The SMILES string of the molecule is Cc1cccc(C(=O)NNC(=O)c2cn(-c3ccccc3)nc2-c2ccccc2)c1C. The average Bonchev–Trinajstić information content (AvgIpc) is 3.26. The van der Waals surface area contributed by atoms with Gasteiger partial charge in [-0.25, -0.2) is 4.68 Å². The van der Waals surface area contributed by atoms with E-state index in [0.29, 0.717) is 16.8 Å². The fourth-order valence-electron chi connectivity index (χ4n) is 3.31. The molecule has 6 nitrogen and oxygen atoms in total. The number of carbonyl (C=O) groups is 2. The Labute approximate surface area is 180 Å². The molecule has 0 radical (unpaired) electrons. The van der Waals surface area contributed by atoms with Gasteiger partial charge < -0.3 is 0 Å². The van der Waals surface area contributed by atoms with Gasteiger partial charge in [0.25, 0.3) is 11.8 Å². The van der Waals surface area contributed by atoms with Crippen molar-refractivity contribution in [3.05, 3.63) is 107 Å². The highest BCUT2D eigenvalue weighted by atomic mass is 16.2. The largest absolute Gasteiger partial charge is 0.273 e. The minimum Gasteiger partial charge on any atom is -0.267 e. The third-order valence-corrected chi connectivity index (χ3v) is 5.17. The number of hydrogen-bond acceptors (Lipinski definition) is 3. The van der Waals surface area contributed by atoms with Crippen molar-refractivity contribution in [3.8, 4) is 16.9 Å². The highest BCUT2D eigenvalue weighted by Crippen LogP contribution is 2.23. The second kappa shape index (κ2) is 8.67. The van der Waals surface area contributed by atoms with Gasteiger partial charge in [0.1, 0.15) is 5.69 Å². The van der Waals surface area contributed by atoms with Gasteiger partial charge in [-0.15, -0.1) is 0 Å². The molecule has 0 bridgehead atoms. The van der Waals surface area contributed by atoms with Crippen molar-refractivity contribution < 1.29 is 9.59 Å². The predicted molar refractivity (Wildman–Crippen MR) is 120 cm³/mol. The number of para-hydroxylation sites is 1. The number of aryl methyl sites for hydroxylation is 1. The molecule has 4 rings (SSSR count). The molecule has 0 fully saturated rings. The second-order valence-corrected chi connectivity index (χ2v) is 7.19. The van der Waals surface area contributed by atoms with Gasteiger partial charge in [0.2, 0.25) is 0 Å². The number of aromatic nitrogens is 2. The van der Waals surface area contributed by atoms with Crippen molar-refractivity contribution in [2.75, 3.05) is 0 Å². The van der Waals surface area contributed by atoms with Crippen molar-refractivity contribution in [3.63, 3.8) is 0 Å². The molecule has 0 aliphatic carbocycles. The Hall–Kier alpha value is -4.19. The molecule has 31 heavy (non-hydrogen) atoms. The van der Waals surface area contributed by atoms with Crippen molar-refractivity contribution in [2.45, 2.75) is 13.8 Å². The topological polar surface area (TPSA) is 76.0 Å². The van der Waals surface area contributed by atoms with Crippen molar-refractivity contribution in [1.29, 1.82) is 0 Å². The molecule has 0 spiro atoms. The summed E-state index contributed by atoms with van der Waals surface area (Å²) in [5, 5.41) is 4.63. The molecule has 0 atom stereocenters. The third kappa shape index (κ3) is 4.23. The molecule has 4 aromatic rings. The lowest BCUT2D eigenvalue weighted by Crippen LogP contribution is -2.42. The molecule has 2 N–H and O–H groups in total. The van der Waals surface area contributed by atoms with Crippen LogP contribution in [0.3, 0.4) is 0 Å². The number of rotatable bonds is 4. The maximum Gasteiger partial charge on any atom is 0.273 e. The van der Waals surface area contributed by atoms with Gasteiger partial charge in [-0.3, -0.25) is 20.4 Å². The van der Waals surface area contributed by atoms with E-state index in [-0.39, 0.29) is 5.91 Å². The van der Waals surface area contributed by atoms with E-state index in [1.807, 2.05) is 86.6 Å². The zero-order chi connectivity index (χ0) is 21.8. The molecule has 0 aliphatic heterocycles. The molecule has 0 saturated carbocycles. The van der Waals surface area contributed by atoms with E-state index in [2.05, 4.69) is 16.0 Å². The smallest absolute Gasteiger partial charge is 0.267 e. The third-order valence-electron chi connectivity index (χ3n) is 5.17. The highest BCUT2D eigenvalue weighted by Gasteiger charge is 2.19. The van der Waals surface area contributed by atoms with Gasteiger partial charge in [0, 0.05) is 17.3 Å². The van der Waals surface area contributed by atoms with E-state index in [4.69, 9.17) is 0 Å². The number of nitrogens with zero attached hydrogens (tertiary/aromatic N) is 2. The Balaban J connectivity index is 1.62. The summed E-state index contributed by atoms with van der Waals surface area (Å²) in [5.41, 5.74) is 9.97. The molecule has 0 saturated heterocycles. The summed E-state index contributed by atoms with van der Waals surface area (Å²) < 4.78 is 1.66. The average molecular weight is 410 g/mol. The fraction of sp³-hybridized carbons (Fsp3) is 0.0800. The zero-order valence-corrected chi connectivity index (χ0v) is 17.3. The summed E-state index contributed by atoms with van der Waals surface area (Å²) in [4.78, 5) is 25.6. The first kappa shape index (κ1) is 20.1. The maximum atomic E-state index is 13.0. The quantitative estimate of drug-likeness (QED) is 0.494. The molecular weight excluding hydrogens is 388 g/mol. The number of amides is 2. The van der Waals surface area contributed by atoms with E-state index in [1.54, 1.807) is 16.9 Å². The minimum atomic E-state index is -0.445. The Morgan fingerprint density at radius 1 is 0.742 bits per heavy atom. The fourth-order valence-corrected chi connectivity index (χ4v) is 3.31. The van der Waals surface area contributed by atoms with Crippen LogP contribution in [0.4, 0.5) is 0 Å². The van der Waals surface area contributed by atoms with Gasteiger partial charge in [0.15, 0.2) is 0 Å². The van der Waals surface area contributed by atoms with E-state index in [0.717, 1.165) is 22.4 Å². The molecule has 1 aromatic heterocycles. The molecule has 3 aromatic carbocycles. The van der Waals surface area contributed by atoms with Crippen LogP contribution in [0, 0.1) is 13.8 Å². The lowest BCUT2D eigenvalue weighted by atomic mass is 10.0. The molecule has 2 amide bonds. The second-order valence-electron chi connectivity index (χ2n) is 7.19. The van der Waals surface area contributed by atoms with Gasteiger partial charge in [-0.05, 0) is 43.2 Å². The summed E-state index contributed by atoms with van der Waals surface area (Å²) in [6.07, 6.45) is 1.66. The van der Waals surface area contributed by atoms with Gasteiger partial charge in [0.05, 0.1) is 11.3 Å². The van der Waals surface area contributed by atoms with Crippen LogP contribution in [-0.4, -0.2) is 21.6 Å². The number of hydrogen-bond donors (Lipinski definition) is 2. The Bertz CT molecular complexity index is 1230. The van der Waals surface area contributed by atoms with Crippen LogP contribution in [0.15, 0.2) is 85.1 Å². The van der Waals surface area contributed by atoms with Crippen LogP contribution in [0.25, 0.3) is 16.9 Å². The standard InChI is InChI=1S/C25H22N4O2/c1-17-10-9-15-21(18(17)2)24(30)26-27-25(31)22-16-29(20-13-7-4-8-14-20)28-23(22)19-11-5-3-6-12-19/h3-16H,1-2H3,(H,26,30)(H,27,31). The molecule has 0 aliphatic rings. The number of hydrazine groups is 1. The highest BCUT2D eigenvalue weighted by molar-refractivity contribution is 6.02. The normalized spacial score (nSPS) is 10.5. The van der Waals surface area contributed by atoms with Crippen molar-refractivity contribution in [1.82, 2.24) is 20.6 Å². The molecule has 0 unspecified atom stereocenters. The first-order chi connectivity index (χ1) is 15.0. The summed E-state index contributed by atoms with van der Waals surface area (Å²) in [6, 6.07) is 24.5. The van der Waals surface area contributed by atoms with E-state index in [1.165, 1.54) is 0 Å². The number of carbonyl (C=O) groups excluding carboxylic acids is 2. The van der Waals surface area contributed by atoms with Gasteiger partial charge in [-0.2, -0.15) is 5.10 Å². The molecule has 154 valence electrons.